The molecule has 92 valence electrons. The topological polar surface area (TPSA) is 29.5 Å². The maximum Gasteiger partial charge on any atom is 0.122 e. The fraction of sp³-hybridized carbons (Fsp3) is 0.600. The molecule has 1 spiro atoms. The van der Waals surface area contributed by atoms with Gasteiger partial charge in [0.1, 0.15) is 11.9 Å². The Bertz CT molecular complexity index is 407. The fourth-order valence-electron chi connectivity index (χ4n) is 3.42. The lowest BCUT2D eigenvalue weighted by atomic mass is 9.62. The summed E-state index contributed by atoms with van der Waals surface area (Å²) in [6, 6.07) is 8.15. The van der Waals surface area contributed by atoms with Crippen LogP contribution in [0.15, 0.2) is 24.3 Å². The third-order valence-corrected chi connectivity index (χ3v) is 4.64. The summed E-state index contributed by atoms with van der Waals surface area (Å²) in [5.41, 5.74) is 1.25. The number of aliphatic hydroxyl groups excluding tert-OH is 1. The van der Waals surface area contributed by atoms with Crippen LogP contribution < -0.4 is 4.74 Å². The first-order valence-electron chi connectivity index (χ1n) is 6.63. The third-order valence-electron chi connectivity index (χ3n) is 4.64. The van der Waals surface area contributed by atoms with E-state index in [0.29, 0.717) is 0 Å². The van der Waals surface area contributed by atoms with E-state index < -0.39 is 0 Å². The van der Waals surface area contributed by atoms with Gasteiger partial charge in [-0.1, -0.05) is 31.0 Å². The van der Waals surface area contributed by atoms with Crippen molar-refractivity contribution in [3.05, 3.63) is 29.8 Å². The highest BCUT2D eigenvalue weighted by molar-refractivity contribution is 5.32. The molecule has 0 heterocycles. The number of benzene rings is 1. The van der Waals surface area contributed by atoms with Crippen molar-refractivity contribution in [2.45, 2.75) is 51.2 Å². The Kier molecular flexibility index (Phi) is 2.62. The van der Waals surface area contributed by atoms with Crippen molar-refractivity contribution in [3.8, 4) is 5.75 Å². The number of hydrogen-bond donors (Lipinski definition) is 1. The maximum absolute atomic E-state index is 10.0. The van der Waals surface area contributed by atoms with Gasteiger partial charge in [-0.05, 0) is 31.4 Å². The number of rotatable bonds is 2. The molecule has 2 heteroatoms. The van der Waals surface area contributed by atoms with Gasteiger partial charge in [0.05, 0.1) is 6.10 Å². The molecule has 0 aromatic heterocycles. The zero-order chi connectivity index (χ0) is 11.9. The monoisotopic (exact) mass is 232 g/mol. The van der Waals surface area contributed by atoms with Crippen molar-refractivity contribution in [2.75, 3.05) is 0 Å². The number of ether oxygens (including phenoxy) is 1. The van der Waals surface area contributed by atoms with Crippen LogP contribution >= 0.6 is 0 Å². The normalized spacial score (nSPS) is 30.2. The zero-order valence-electron chi connectivity index (χ0n) is 10.4. The lowest BCUT2D eigenvalue weighted by molar-refractivity contribution is -0.152. The predicted octanol–water partition coefficient (Wildman–Crippen LogP) is 3.07. The molecule has 17 heavy (non-hydrogen) atoms. The molecule has 1 N–H and O–H groups in total. The summed E-state index contributed by atoms with van der Waals surface area (Å²) >= 11 is 0. The highest BCUT2D eigenvalue weighted by Crippen LogP contribution is 2.54. The Balaban J connectivity index is 1.77. The van der Waals surface area contributed by atoms with Gasteiger partial charge in [0.2, 0.25) is 0 Å². The summed E-state index contributed by atoms with van der Waals surface area (Å²) in [5.74, 6) is 0.982. The minimum absolute atomic E-state index is 0.0717. The summed E-state index contributed by atoms with van der Waals surface area (Å²) in [5, 5.41) is 10.0. The third kappa shape index (κ3) is 1.66. The van der Waals surface area contributed by atoms with E-state index in [0.717, 1.165) is 25.0 Å². The van der Waals surface area contributed by atoms with Crippen molar-refractivity contribution in [2.24, 2.45) is 5.41 Å². The number of hydrogen-bond acceptors (Lipinski definition) is 2. The molecule has 2 fully saturated rings. The van der Waals surface area contributed by atoms with Crippen LogP contribution in [0.1, 0.15) is 37.7 Å². The average molecular weight is 232 g/mol. The van der Waals surface area contributed by atoms with Crippen molar-refractivity contribution < 1.29 is 9.84 Å². The first kappa shape index (κ1) is 11.1. The second-order valence-corrected chi connectivity index (χ2v) is 5.56. The van der Waals surface area contributed by atoms with E-state index in [1.807, 2.05) is 18.2 Å². The quantitative estimate of drug-likeness (QED) is 0.849. The summed E-state index contributed by atoms with van der Waals surface area (Å²) < 4.78 is 6.13. The van der Waals surface area contributed by atoms with Crippen LogP contribution in [-0.4, -0.2) is 17.3 Å². The smallest absolute Gasteiger partial charge is 0.122 e. The van der Waals surface area contributed by atoms with Gasteiger partial charge < -0.3 is 9.84 Å². The molecule has 0 aliphatic heterocycles. The SMILES string of the molecule is Cc1ccccc1OC1CC(O)C12CCCC2. The van der Waals surface area contributed by atoms with E-state index in [9.17, 15) is 5.11 Å². The fourth-order valence-corrected chi connectivity index (χ4v) is 3.42. The molecule has 0 bridgehead atoms. The minimum Gasteiger partial charge on any atom is -0.489 e. The van der Waals surface area contributed by atoms with Gasteiger partial charge >= 0.3 is 0 Å². The summed E-state index contributed by atoms with van der Waals surface area (Å²) in [6.45, 7) is 2.08. The molecule has 0 radical (unpaired) electrons. The number of para-hydroxylation sites is 1. The van der Waals surface area contributed by atoms with Crippen molar-refractivity contribution >= 4 is 0 Å². The lowest BCUT2D eigenvalue weighted by Gasteiger charge is -2.51. The van der Waals surface area contributed by atoms with E-state index in [4.69, 9.17) is 4.74 Å². The Morgan fingerprint density at radius 1 is 1.24 bits per heavy atom. The van der Waals surface area contributed by atoms with Crippen molar-refractivity contribution in [1.82, 2.24) is 0 Å². The van der Waals surface area contributed by atoms with Crippen molar-refractivity contribution in [3.63, 3.8) is 0 Å². The highest BCUT2D eigenvalue weighted by atomic mass is 16.5. The molecular formula is C15H20O2. The largest absolute Gasteiger partial charge is 0.489 e. The molecule has 2 nitrogen and oxygen atoms in total. The summed E-state index contributed by atoms with van der Waals surface area (Å²) in [6.07, 6.45) is 5.62. The molecule has 2 unspecified atom stereocenters. The molecule has 2 saturated carbocycles. The second-order valence-electron chi connectivity index (χ2n) is 5.56. The van der Waals surface area contributed by atoms with Gasteiger partial charge in [-0.2, -0.15) is 0 Å². The minimum atomic E-state index is -0.140. The molecule has 0 saturated heterocycles. The summed E-state index contributed by atoms with van der Waals surface area (Å²) in [4.78, 5) is 0. The zero-order valence-corrected chi connectivity index (χ0v) is 10.4. The molecule has 2 atom stereocenters. The van der Waals surface area contributed by atoms with E-state index >= 15 is 0 Å². The first-order valence-corrected chi connectivity index (χ1v) is 6.63. The van der Waals surface area contributed by atoms with Crippen LogP contribution in [0.4, 0.5) is 0 Å². The maximum atomic E-state index is 10.0. The van der Waals surface area contributed by atoms with Crippen LogP contribution in [0, 0.1) is 12.3 Å². The molecule has 0 amide bonds. The van der Waals surface area contributed by atoms with Gasteiger partial charge in [-0.3, -0.25) is 0 Å². The highest BCUT2D eigenvalue weighted by Gasteiger charge is 2.57. The molecule has 1 aromatic carbocycles. The van der Waals surface area contributed by atoms with Crippen LogP contribution in [0.3, 0.4) is 0 Å². The van der Waals surface area contributed by atoms with Gasteiger partial charge in [0.25, 0.3) is 0 Å². The van der Waals surface area contributed by atoms with Gasteiger partial charge in [0, 0.05) is 11.8 Å². The Labute approximate surface area is 103 Å². The molecule has 2 aliphatic carbocycles. The van der Waals surface area contributed by atoms with Gasteiger partial charge in [-0.15, -0.1) is 0 Å². The molecule has 2 aliphatic rings. The van der Waals surface area contributed by atoms with Crippen LogP contribution in [0.2, 0.25) is 0 Å². The second kappa shape index (κ2) is 4.02. The van der Waals surface area contributed by atoms with Crippen LogP contribution in [0.5, 0.6) is 5.75 Å². The lowest BCUT2D eigenvalue weighted by Crippen LogP contribution is -2.58. The van der Waals surface area contributed by atoms with Crippen LogP contribution in [-0.2, 0) is 0 Å². The van der Waals surface area contributed by atoms with E-state index in [1.54, 1.807) is 0 Å². The molecule has 3 rings (SSSR count). The Morgan fingerprint density at radius 3 is 2.59 bits per heavy atom. The summed E-state index contributed by atoms with van der Waals surface area (Å²) in [7, 11) is 0. The standard InChI is InChI=1S/C15H20O2/c1-11-6-2-3-7-12(11)17-14-10-13(16)15(14)8-4-5-9-15/h2-3,6-7,13-14,16H,4-5,8-10H2,1H3. The van der Waals surface area contributed by atoms with E-state index in [-0.39, 0.29) is 17.6 Å². The van der Waals surface area contributed by atoms with Crippen molar-refractivity contribution in [1.29, 1.82) is 0 Å². The molecular weight excluding hydrogens is 212 g/mol. The van der Waals surface area contributed by atoms with Gasteiger partial charge in [-0.25, -0.2) is 0 Å². The van der Waals surface area contributed by atoms with E-state index in [2.05, 4.69) is 13.0 Å². The number of aliphatic hydroxyl groups is 1. The first-order chi connectivity index (χ1) is 8.22. The number of aryl methyl sites for hydroxylation is 1. The Morgan fingerprint density at radius 2 is 1.94 bits per heavy atom. The van der Waals surface area contributed by atoms with E-state index in [1.165, 1.54) is 18.4 Å². The van der Waals surface area contributed by atoms with Crippen LogP contribution in [0.25, 0.3) is 0 Å². The Hall–Kier alpha value is -1.02. The van der Waals surface area contributed by atoms with Gasteiger partial charge in [0.15, 0.2) is 0 Å². The average Bonchev–Trinajstić information content (AvgIpc) is 2.83. The molecule has 1 aromatic rings. The predicted molar refractivity (Wildman–Crippen MR) is 67.1 cm³/mol.